The number of hydrogen-bond acceptors (Lipinski definition) is 3. The summed E-state index contributed by atoms with van der Waals surface area (Å²) in [5.74, 6) is 0. The van der Waals surface area contributed by atoms with Crippen LogP contribution in [0.15, 0.2) is 35.0 Å². The maximum atomic E-state index is 4.41. The fourth-order valence-corrected chi connectivity index (χ4v) is 1.87. The molecule has 0 fully saturated rings. The Balaban J connectivity index is 1.98. The van der Waals surface area contributed by atoms with Gasteiger partial charge >= 0.3 is 0 Å². The van der Waals surface area contributed by atoms with Crippen molar-refractivity contribution in [3.05, 3.63) is 46.4 Å². The molecule has 0 bridgehead atoms. The maximum absolute atomic E-state index is 4.41. The van der Waals surface area contributed by atoms with E-state index in [-0.39, 0.29) is 0 Å². The molecule has 14 heavy (non-hydrogen) atoms. The van der Waals surface area contributed by atoms with Gasteiger partial charge in [0.15, 0.2) is 0 Å². The van der Waals surface area contributed by atoms with Gasteiger partial charge < -0.3 is 5.32 Å². The van der Waals surface area contributed by atoms with Gasteiger partial charge in [0.1, 0.15) is 0 Å². The van der Waals surface area contributed by atoms with E-state index in [0.717, 1.165) is 17.9 Å². The zero-order valence-corrected chi connectivity index (χ0v) is 8.84. The quantitative estimate of drug-likeness (QED) is 0.831. The van der Waals surface area contributed by atoms with Gasteiger partial charge in [0.05, 0.1) is 12.2 Å². The predicted octanol–water partition coefficient (Wildman–Crippen LogP) is 3.06. The van der Waals surface area contributed by atoms with Crippen LogP contribution in [-0.2, 0) is 6.54 Å². The summed E-state index contributed by atoms with van der Waals surface area (Å²) < 4.78 is 0. The minimum absolute atomic E-state index is 0.790. The number of pyridine rings is 1. The topological polar surface area (TPSA) is 24.9 Å². The fourth-order valence-electron chi connectivity index (χ4n) is 1.26. The van der Waals surface area contributed by atoms with Gasteiger partial charge in [-0.1, -0.05) is 6.07 Å². The molecule has 0 aliphatic carbocycles. The lowest BCUT2D eigenvalue weighted by molar-refractivity contribution is 1.02. The second kappa shape index (κ2) is 4.24. The number of thiophene rings is 1. The third-order valence-electron chi connectivity index (χ3n) is 1.94. The monoisotopic (exact) mass is 204 g/mol. The van der Waals surface area contributed by atoms with E-state index in [2.05, 4.69) is 27.1 Å². The van der Waals surface area contributed by atoms with Crippen LogP contribution in [-0.4, -0.2) is 4.98 Å². The summed E-state index contributed by atoms with van der Waals surface area (Å²) in [5, 5.41) is 7.47. The van der Waals surface area contributed by atoms with Gasteiger partial charge in [0.2, 0.25) is 0 Å². The van der Waals surface area contributed by atoms with E-state index < -0.39 is 0 Å². The van der Waals surface area contributed by atoms with Crippen LogP contribution in [0.5, 0.6) is 0 Å². The molecule has 0 radical (unpaired) electrons. The van der Waals surface area contributed by atoms with Crippen molar-refractivity contribution in [1.29, 1.82) is 0 Å². The Morgan fingerprint density at radius 2 is 2.29 bits per heavy atom. The average Bonchev–Trinajstić information content (AvgIpc) is 2.67. The molecule has 2 heterocycles. The summed E-state index contributed by atoms with van der Waals surface area (Å²) in [5.41, 5.74) is 3.31. The highest BCUT2D eigenvalue weighted by Gasteiger charge is 1.95. The number of aromatic nitrogens is 1. The predicted molar refractivity (Wildman–Crippen MR) is 60.6 cm³/mol. The third-order valence-corrected chi connectivity index (χ3v) is 2.62. The highest BCUT2D eigenvalue weighted by Crippen LogP contribution is 2.12. The van der Waals surface area contributed by atoms with Crippen molar-refractivity contribution < 1.29 is 0 Å². The number of nitrogens with one attached hydrogen (secondary N) is 1. The first-order chi connectivity index (χ1) is 6.84. The standard InChI is InChI=1S/C11H12N2S/c1-9-3-2-4-10(13-9)7-12-11-5-6-14-8-11/h2-6,8,12H,7H2,1H3. The second-order valence-corrected chi connectivity index (χ2v) is 3.92. The largest absolute Gasteiger partial charge is 0.379 e. The molecule has 0 spiro atoms. The molecule has 2 aromatic heterocycles. The number of hydrogen-bond donors (Lipinski definition) is 1. The minimum atomic E-state index is 0.790. The third kappa shape index (κ3) is 2.33. The Bertz CT molecular complexity index is 395. The van der Waals surface area contributed by atoms with Gasteiger partial charge in [0.25, 0.3) is 0 Å². The molecular weight excluding hydrogens is 192 g/mol. The van der Waals surface area contributed by atoms with Crippen LogP contribution in [0.4, 0.5) is 5.69 Å². The SMILES string of the molecule is Cc1cccc(CNc2ccsc2)n1. The Kier molecular flexibility index (Phi) is 2.79. The number of anilines is 1. The molecule has 0 atom stereocenters. The lowest BCUT2D eigenvalue weighted by Crippen LogP contribution is -2.00. The van der Waals surface area contributed by atoms with Crippen LogP contribution in [0, 0.1) is 6.92 Å². The molecule has 0 aliphatic heterocycles. The van der Waals surface area contributed by atoms with Crippen molar-refractivity contribution in [2.75, 3.05) is 5.32 Å². The van der Waals surface area contributed by atoms with E-state index in [9.17, 15) is 0 Å². The summed E-state index contributed by atoms with van der Waals surface area (Å²) in [6.45, 7) is 2.80. The Hall–Kier alpha value is -1.35. The van der Waals surface area contributed by atoms with E-state index in [1.54, 1.807) is 11.3 Å². The first kappa shape index (κ1) is 9.21. The molecule has 3 heteroatoms. The summed E-state index contributed by atoms with van der Waals surface area (Å²) in [6, 6.07) is 8.15. The molecule has 2 nitrogen and oxygen atoms in total. The van der Waals surface area contributed by atoms with E-state index >= 15 is 0 Å². The molecule has 72 valence electrons. The van der Waals surface area contributed by atoms with Gasteiger partial charge in [-0.25, -0.2) is 0 Å². The molecule has 0 aromatic carbocycles. The molecule has 0 saturated carbocycles. The lowest BCUT2D eigenvalue weighted by atomic mass is 10.3. The van der Waals surface area contributed by atoms with Crippen molar-refractivity contribution in [3.8, 4) is 0 Å². The smallest absolute Gasteiger partial charge is 0.0597 e. The van der Waals surface area contributed by atoms with Crippen molar-refractivity contribution in [2.45, 2.75) is 13.5 Å². The summed E-state index contributed by atoms with van der Waals surface area (Å²) >= 11 is 1.69. The van der Waals surface area contributed by atoms with E-state index in [1.165, 1.54) is 5.69 Å². The first-order valence-corrected chi connectivity index (χ1v) is 5.47. The van der Waals surface area contributed by atoms with Crippen LogP contribution >= 0.6 is 11.3 Å². The lowest BCUT2D eigenvalue weighted by Gasteiger charge is -2.03. The Morgan fingerprint density at radius 3 is 3.00 bits per heavy atom. The highest BCUT2D eigenvalue weighted by atomic mass is 32.1. The number of nitrogens with zero attached hydrogens (tertiary/aromatic N) is 1. The fraction of sp³-hybridized carbons (Fsp3) is 0.182. The molecule has 0 unspecified atom stereocenters. The Morgan fingerprint density at radius 1 is 1.36 bits per heavy atom. The molecule has 0 amide bonds. The van der Waals surface area contributed by atoms with Crippen molar-refractivity contribution in [2.24, 2.45) is 0 Å². The van der Waals surface area contributed by atoms with E-state index in [1.807, 2.05) is 25.1 Å². The summed E-state index contributed by atoms with van der Waals surface area (Å²) in [4.78, 5) is 4.41. The number of rotatable bonds is 3. The van der Waals surface area contributed by atoms with Gasteiger partial charge in [-0.2, -0.15) is 11.3 Å². The van der Waals surface area contributed by atoms with Crippen molar-refractivity contribution in [1.82, 2.24) is 4.98 Å². The minimum Gasteiger partial charge on any atom is -0.379 e. The van der Waals surface area contributed by atoms with Crippen LogP contribution in [0.1, 0.15) is 11.4 Å². The average molecular weight is 204 g/mol. The molecule has 0 saturated heterocycles. The zero-order valence-electron chi connectivity index (χ0n) is 8.03. The molecular formula is C11H12N2S. The first-order valence-electron chi connectivity index (χ1n) is 4.53. The van der Waals surface area contributed by atoms with Crippen molar-refractivity contribution >= 4 is 17.0 Å². The van der Waals surface area contributed by atoms with Crippen LogP contribution < -0.4 is 5.32 Å². The van der Waals surface area contributed by atoms with Crippen molar-refractivity contribution in [3.63, 3.8) is 0 Å². The van der Waals surface area contributed by atoms with Gasteiger partial charge in [-0.3, -0.25) is 4.98 Å². The molecule has 2 rings (SSSR count). The summed E-state index contributed by atoms with van der Waals surface area (Å²) in [6.07, 6.45) is 0. The highest BCUT2D eigenvalue weighted by molar-refractivity contribution is 7.08. The second-order valence-electron chi connectivity index (χ2n) is 3.14. The normalized spacial score (nSPS) is 10.1. The van der Waals surface area contributed by atoms with E-state index in [4.69, 9.17) is 0 Å². The molecule has 0 aliphatic rings. The molecule has 2 aromatic rings. The number of aryl methyl sites for hydroxylation is 1. The van der Waals surface area contributed by atoms with Gasteiger partial charge in [-0.15, -0.1) is 0 Å². The van der Waals surface area contributed by atoms with Crippen LogP contribution in [0.2, 0.25) is 0 Å². The zero-order chi connectivity index (χ0) is 9.80. The molecule has 1 N–H and O–H groups in total. The van der Waals surface area contributed by atoms with Gasteiger partial charge in [-0.05, 0) is 30.5 Å². The Labute approximate surface area is 87.6 Å². The van der Waals surface area contributed by atoms with Gasteiger partial charge in [0, 0.05) is 16.8 Å². The van der Waals surface area contributed by atoms with Crippen LogP contribution in [0.25, 0.3) is 0 Å². The van der Waals surface area contributed by atoms with E-state index in [0.29, 0.717) is 0 Å². The maximum Gasteiger partial charge on any atom is 0.0597 e. The summed E-state index contributed by atoms with van der Waals surface area (Å²) in [7, 11) is 0. The van der Waals surface area contributed by atoms with Crippen LogP contribution in [0.3, 0.4) is 0 Å².